The van der Waals surface area contributed by atoms with Gasteiger partial charge in [-0.2, -0.15) is 0 Å². The standard InChI is InChI=1S/C13H22ClN3/c1-9-8-15-10(2)12(16-9)17-11(6-7-14)13(3,4)5/h8,11H,6-7H2,1-5H3,(H,16,17). The van der Waals surface area contributed by atoms with Gasteiger partial charge in [-0.05, 0) is 25.7 Å². The first-order valence-corrected chi connectivity index (χ1v) is 6.51. The Morgan fingerprint density at radius 2 is 2.00 bits per heavy atom. The highest BCUT2D eigenvalue weighted by Gasteiger charge is 2.24. The molecule has 96 valence electrons. The van der Waals surface area contributed by atoms with E-state index in [2.05, 4.69) is 36.1 Å². The summed E-state index contributed by atoms with van der Waals surface area (Å²) in [6.45, 7) is 10.5. The lowest BCUT2D eigenvalue weighted by molar-refractivity contribution is 0.333. The van der Waals surface area contributed by atoms with Crippen molar-refractivity contribution in [3.05, 3.63) is 17.6 Å². The minimum atomic E-state index is 0.146. The highest BCUT2D eigenvalue weighted by molar-refractivity contribution is 6.17. The molecule has 0 bridgehead atoms. The summed E-state index contributed by atoms with van der Waals surface area (Å²) in [6, 6.07) is 0.301. The van der Waals surface area contributed by atoms with Gasteiger partial charge < -0.3 is 5.32 Å². The second kappa shape index (κ2) is 5.67. The molecule has 1 heterocycles. The van der Waals surface area contributed by atoms with Crippen LogP contribution in [-0.2, 0) is 0 Å². The third-order valence-electron chi connectivity index (χ3n) is 2.83. The van der Waals surface area contributed by atoms with Gasteiger partial charge in [-0.3, -0.25) is 4.98 Å². The lowest BCUT2D eigenvalue weighted by Gasteiger charge is -2.31. The molecule has 0 aliphatic heterocycles. The van der Waals surface area contributed by atoms with E-state index < -0.39 is 0 Å². The predicted octanol–water partition coefficient (Wildman–Crippen LogP) is 3.55. The highest BCUT2D eigenvalue weighted by atomic mass is 35.5. The fourth-order valence-corrected chi connectivity index (χ4v) is 1.89. The Morgan fingerprint density at radius 3 is 2.53 bits per heavy atom. The summed E-state index contributed by atoms with van der Waals surface area (Å²) in [6.07, 6.45) is 2.70. The number of aromatic nitrogens is 2. The summed E-state index contributed by atoms with van der Waals surface area (Å²) < 4.78 is 0. The zero-order valence-electron chi connectivity index (χ0n) is 11.3. The van der Waals surface area contributed by atoms with Crippen molar-refractivity contribution < 1.29 is 0 Å². The first-order valence-electron chi connectivity index (χ1n) is 5.97. The maximum absolute atomic E-state index is 5.86. The van der Waals surface area contributed by atoms with Crippen molar-refractivity contribution in [2.45, 2.75) is 47.1 Å². The molecular formula is C13H22ClN3. The van der Waals surface area contributed by atoms with Crippen molar-refractivity contribution in [2.75, 3.05) is 11.2 Å². The SMILES string of the molecule is Cc1cnc(C)c(NC(CCCl)C(C)(C)C)n1. The van der Waals surface area contributed by atoms with Crippen LogP contribution in [0.1, 0.15) is 38.6 Å². The number of nitrogens with one attached hydrogen (secondary N) is 1. The van der Waals surface area contributed by atoms with Gasteiger partial charge in [0.2, 0.25) is 0 Å². The van der Waals surface area contributed by atoms with Crippen LogP contribution in [0.3, 0.4) is 0 Å². The first kappa shape index (κ1) is 14.2. The summed E-state index contributed by atoms with van der Waals surface area (Å²) in [5.74, 6) is 1.52. The van der Waals surface area contributed by atoms with E-state index >= 15 is 0 Å². The number of rotatable bonds is 4. The van der Waals surface area contributed by atoms with Crippen molar-refractivity contribution in [2.24, 2.45) is 5.41 Å². The number of hydrogen-bond donors (Lipinski definition) is 1. The van der Waals surface area contributed by atoms with Gasteiger partial charge in [0.05, 0.1) is 11.4 Å². The molecule has 4 heteroatoms. The van der Waals surface area contributed by atoms with Gasteiger partial charge in [0.15, 0.2) is 0 Å². The number of aryl methyl sites for hydroxylation is 2. The van der Waals surface area contributed by atoms with Crippen LogP contribution in [0.2, 0.25) is 0 Å². The van der Waals surface area contributed by atoms with Gasteiger partial charge in [-0.1, -0.05) is 20.8 Å². The van der Waals surface area contributed by atoms with Crippen LogP contribution in [0.4, 0.5) is 5.82 Å². The predicted molar refractivity (Wildman–Crippen MR) is 73.7 cm³/mol. The molecule has 0 aliphatic carbocycles. The molecule has 1 aromatic rings. The van der Waals surface area contributed by atoms with Gasteiger partial charge in [0.25, 0.3) is 0 Å². The summed E-state index contributed by atoms with van der Waals surface area (Å²) in [7, 11) is 0. The molecule has 0 amide bonds. The van der Waals surface area contributed by atoms with E-state index in [-0.39, 0.29) is 5.41 Å². The van der Waals surface area contributed by atoms with E-state index in [0.717, 1.165) is 23.6 Å². The zero-order chi connectivity index (χ0) is 13.1. The minimum absolute atomic E-state index is 0.146. The van der Waals surface area contributed by atoms with Gasteiger partial charge in [0.1, 0.15) is 5.82 Å². The van der Waals surface area contributed by atoms with E-state index in [1.54, 1.807) is 6.20 Å². The van der Waals surface area contributed by atoms with Crippen molar-refractivity contribution in [1.82, 2.24) is 9.97 Å². The molecule has 1 atom stereocenters. The van der Waals surface area contributed by atoms with Crippen molar-refractivity contribution in [1.29, 1.82) is 0 Å². The van der Waals surface area contributed by atoms with Crippen LogP contribution >= 0.6 is 11.6 Å². The van der Waals surface area contributed by atoms with Crippen LogP contribution in [-0.4, -0.2) is 21.9 Å². The maximum atomic E-state index is 5.86. The molecule has 0 fully saturated rings. The van der Waals surface area contributed by atoms with E-state index in [9.17, 15) is 0 Å². The third kappa shape index (κ3) is 4.15. The molecule has 0 radical (unpaired) electrons. The molecule has 1 N–H and O–H groups in total. The Balaban J connectivity index is 2.89. The quantitative estimate of drug-likeness (QED) is 0.837. The first-order chi connectivity index (χ1) is 7.84. The Morgan fingerprint density at radius 1 is 1.35 bits per heavy atom. The summed E-state index contributed by atoms with van der Waals surface area (Å²) in [4.78, 5) is 8.81. The van der Waals surface area contributed by atoms with Crippen LogP contribution < -0.4 is 5.32 Å². The van der Waals surface area contributed by atoms with Gasteiger partial charge >= 0.3 is 0 Å². The molecule has 0 saturated carbocycles. The number of halogens is 1. The summed E-state index contributed by atoms with van der Waals surface area (Å²) >= 11 is 5.86. The van der Waals surface area contributed by atoms with Crippen LogP contribution in [0, 0.1) is 19.3 Å². The Kier molecular flexibility index (Phi) is 4.75. The van der Waals surface area contributed by atoms with Gasteiger partial charge in [-0.15, -0.1) is 11.6 Å². The largest absolute Gasteiger partial charge is 0.365 e. The Hall–Kier alpha value is -0.830. The molecule has 1 rings (SSSR count). The maximum Gasteiger partial charge on any atom is 0.147 e. The van der Waals surface area contributed by atoms with E-state index in [1.165, 1.54) is 0 Å². The minimum Gasteiger partial charge on any atom is -0.365 e. The van der Waals surface area contributed by atoms with E-state index in [4.69, 9.17) is 11.6 Å². The average Bonchev–Trinajstić information content (AvgIpc) is 2.21. The number of anilines is 1. The Labute approximate surface area is 109 Å². The van der Waals surface area contributed by atoms with Crippen molar-refractivity contribution in [3.63, 3.8) is 0 Å². The smallest absolute Gasteiger partial charge is 0.147 e. The third-order valence-corrected chi connectivity index (χ3v) is 3.05. The fourth-order valence-electron chi connectivity index (χ4n) is 1.67. The van der Waals surface area contributed by atoms with Crippen molar-refractivity contribution in [3.8, 4) is 0 Å². The number of hydrogen-bond acceptors (Lipinski definition) is 3. The Bertz CT molecular complexity index is 371. The van der Waals surface area contributed by atoms with Gasteiger partial charge in [0, 0.05) is 18.1 Å². The number of nitrogens with zero attached hydrogens (tertiary/aromatic N) is 2. The lowest BCUT2D eigenvalue weighted by Crippen LogP contribution is -2.35. The van der Waals surface area contributed by atoms with Crippen LogP contribution in [0.15, 0.2) is 6.20 Å². The lowest BCUT2D eigenvalue weighted by atomic mass is 9.85. The molecule has 0 spiro atoms. The monoisotopic (exact) mass is 255 g/mol. The summed E-state index contributed by atoms with van der Waals surface area (Å²) in [5, 5.41) is 3.47. The molecule has 1 unspecified atom stereocenters. The molecule has 17 heavy (non-hydrogen) atoms. The normalized spacial score (nSPS) is 13.5. The highest BCUT2D eigenvalue weighted by Crippen LogP contribution is 2.26. The number of alkyl halides is 1. The van der Waals surface area contributed by atoms with E-state index in [1.807, 2.05) is 13.8 Å². The van der Waals surface area contributed by atoms with Crippen molar-refractivity contribution >= 4 is 17.4 Å². The second-order valence-corrected chi connectivity index (χ2v) is 5.86. The second-order valence-electron chi connectivity index (χ2n) is 5.49. The summed E-state index contributed by atoms with van der Waals surface area (Å²) in [5.41, 5.74) is 2.00. The molecule has 1 aromatic heterocycles. The molecular weight excluding hydrogens is 234 g/mol. The molecule has 3 nitrogen and oxygen atoms in total. The molecule has 0 aliphatic rings. The molecule has 0 saturated heterocycles. The topological polar surface area (TPSA) is 37.8 Å². The van der Waals surface area contributed by atoms with Crippen LogP contribution in [0.25, 0.3) is 0 Å². The zero-order valence-corrected chi connectivity index (χ0v) is 12.1. The fraction of sp³-hybridized carbons (Fsp3) is 0.692. The molecule has 0 aromatic carbocycles. The van der Waals surface area contributed by atoms with E-state index in [0.29, 0.717) is 11.9 Å². The van der Waals surface area contributed by atoms with Crippen LogP contribution in [0.5, 0.6) is 0 Å². The van der Waals surface area contributed by atoms with Gasteiger partial charge in [-0.25, -0.2) is 4.98 Å². The average molecular weight is 256 g/mol.